The minimum Gasteiger partial charge on any atom is -0.493 e. The largest absolute Gasteiger partial charge is 0.493 e. The monoisotopic (exact) mass is 491 g/mol. The third-order valence-corrected chi connectivity index (χ3v) is 7.14. The van der Waals surface area contributed by atoms with Gasteiger partial charge in [-0.05, 0) is 42.5 Å². The Morgan fingerprint density at radius 1 is 1.00 bits per heavy atom. The molecular formula is C25H21N3O4S2. The Labute approximate surface area is 204 Å². The number of hydrogen-bond acceptors (Lipinski definition) is 8. The molecular weight excluding hydrogens is 470 g/mol. The molecule has 3 heterocycles. The van der Waals surface area contributed by atoms with Crippen LogP contribution >= 0.6 is 22.7 Å². The van der Waals surface area contributed by atoms with Crippen molar-refractivity contribution in [1.82, 2.24) is 15.3 Å². The van der Waals surface area contributed by atoms with Crippen molar-refractivity contribution in [3.63, 3.8) is 0 Å². The number of nitrogens with one attached hydrogen (secondary N) is 1. The van der Waals surface area contributed by atoms with Crippen LogP contribution in [-0.4, -0.2) is 30.1 Å². The molecule has 0 saturated carbocycles. The van der Waals surface area contributed by atoms with E-state index in [1.165, 1.54) is 11.3 Å². The van der Waals surface area contributed by atoms with E-state index in [1.807, 2.05) is 60.0 Å². The predicted octanol–water partition coefficient (Wildman–Crippen LogP) is 5.56. The van der Waals surface area contributed by atoms with E-state index in [0.29, 0.717) is 35.3 Å². The van der Waals surface area contributed by atoms with Gasteiger partial charge in [-0.1, -0.05) is 12.1 Å². The molecule has 0 fully saturated rings. The fourth-order valence-corrected chi connectivity index (χ4v) is 5.21. The number of carbonyl (C=O) groups is 1. The minimum atomic E-state index is -0.123. The quantitative estimate of drug-likeness (QED) is 0.306. The van der Waals surface area contributed by atoms with Crippen LogP contribution in [0.15, 0.2) is 64.4 Å². The molecule has 0 saturated heterocycles. The van der Waals surface area contributed by atoms with Crippen LogP contribution in [0.25, 0.3) is 31.6 Å². The van der Waals surface area contributed by atoms with Crippen LogP contribution in [0, 0.1) is 0 Å². The summed E-state index contributed by atoms with van der Waals surface area (Å²) in [4.78, 5) is 21.7. The number of carbonyl (C=O) groups excluding carboxylic acids is 1. The van der Waals surface area contributed by atoms with Gasteiger partial charge in [0.15, 0.2) is 22.3 Å². The number of ether oxygens (including phenoxy) is 2. The topological polar surface area (TPSA) is 86.5 Å². The summed E-state index contributed by atoms with van der Waals surface area (Å²) in [6, 6.07) is 17.4. The number of thiazole rings is 2. The Balaban J connectivity index is 1.19. The number of furan rings is 1. The molecule has 34 heavy (non-hydrogen) atoms. The second kappa shape index (κ2) is 9.66. The van der Waals surface area contributed by atoms with Crippen molar-refractivity contribution >= 4 is 38.8 Å². The van der Waals surface area contributed by atoms with Crippen LogP contribution in [-0.2, 0) is 17.8 Å². The van der Waals surface area contributed by atoms with Crippen LogP contribution in [0.4, 0.5) is 0 Å². The molecule has 0 atom stereocenters. The van der Waals surface area contributed by atoms with Gasteiger partial charge < -0.3 is 19.2 Å². The highest BCUT2D eigenvalue weighted by molar-refractivity contribution is 7.21. The zero-order chi connectivity index (χ0) is 23.5. The third-order valence-electron chi connectivity index (χ3n) is 5.15. The summed E-state index contributed by atoms with van der Waals surface area (Å²) < 4.78 is 17.7. The molecule has 1 N–H and O–H groups in total. The number of methoxy groups -OCH3 is 2. The highest BCUT2D eigenvalue weighted by Crippen LogP contribution is 2.34. The van der Waals surface area contributed by atoms with Crippen molar-refractivity contribution in [3.8, 4) is 32.8 Å². The first-order valence-corrected chi connectivity index (χ1v) is 12.2. The highest BCUT2D eigenvalue weighted by atomic mass is 32.1. The molecule has 9 heteroatoms. The molecule has 0 unspecified atom stereocenters. The van der Waals surface area contributed by atoms with Crippen LogP contribution in [0.1, 0.15) is 11.5 Å². The van der Waals surface area contributed by atoms with Gasteiger partial charge in [0, 0.05) is 10.9 Å². The zero-order valence-corrected chi connectivity index (χ0v) is 20.2. The molecule has 0 aliphatic carbocycles. The Bertz CT molecular complexity index is 1420. The number of benzene rings is 2. The first kappa shape index (κ1) is 22.1. The molecule has 0 aliphatic rings. The standard InChI is InChI=1S/C25H21N3O4S2/c1-30-19-9-7-15(11-21(19)31-2)24-27-16(14-33-24)12-23(29)26-13-17-8-10-20(32-17)25-28-18-5-3-4-6-22(18)34-25/h3-11,14H,12-13H2,1-2H3,(H,26,29). The summed E-state index contributed by atoms with van der Waals surface area (Å²) in [6.45, 7) is 0.302. The average Bonchev–Trinajstić information content (AvgIpc) is 3.61. The molecule has 0 radical (unpaired) electrons. The van der Waals surface area contributed by atoms with Crippen molar-refractivity contribution in [1.29, 1.82) is 0 Å². The number of aromatic nitrogens is 2. The molecule has 2 aromatic carbocycles. The van der Waals surface area contributed by atoms with Crippen LogP contribution in [0.2, 0.25) is 0 Å². The van der Waals surface area contributed by atoms with E-state index >= 15 is 0 Å². The lowest BCUT2D eigenvalue weighted by atomic mass is 10.2. The van der Waals surface area contributed by atoms with E-state index < -0.39 is 0 Å². The molecule has 5 aromatic rings. The molecule has 0 aliphatic heterocycles. The van der Waals surface area contributed by atoms with Gasteiger partial charge in [0.05, 0.1) is 43.1 Å². The normalized spacial score (nSPS) is 11.0. The van der Waals surface area contributed by atoms with E-state index in [0.717, 1.165) is 25.8 Å². The minimum absolute atomic E-state index is 0.123. The lowest BCUT2D eigenvalue weighted by molar-refractivity contribution is -0.120. The number of nitrogens with zero attached hydrogens (tertiary/aromatic N) is 2. The molecule has 0 bridgehead atoms. The molecule has 3 aromatic heterocycles. The van der Waals surface area contributed by atoms with Gasteiger partial charge in [-0.25, -0.2) is 9.97 Å². The third kappa shape index (κ3) is 4.66. The lowest BCUT2D eigenvalue weighted by Crippen LogP contribution is -2.24. The summed E-state index contributed by atoms with van der Waals surface area (Å²) in [5.74, 6) is 2.54. The summed E-state index contributed by atoms with van der Waals surface area (Å²) in [6.07, 6.45) is 0.190. The Hall–Kier alpha value is -3.69. The Morgan fingerprint density at radius 2 is 1.85 bits per heavy atom. The first-order chi connectivity index (χ1) is 16.6. The second-order valence-electron chi connectivity index (χ2n) is 7.42. The van der Waals surface area contributed by atoms with Gasteiger partial charge in [-0.15, -0.1) is 22.7 Å². The van der Waals surface area contributed by atoms with Gasteiger partial charge in [0.25, 0.3) is 0 Å². The Morgan fingerprint density at radius 3 is 2.68 bits per heavy atom. The maximum atomic E-state index is 12.5. The van der Waals surface area contributed by atoms with E-state index in [-0.39, 0.29) is 12.3 Å². The fourth-order valence-electron chi connectivity index (χ4n) is 3.47. The summed E-state index contributed by atoms with van der Waals surface area (Å²) in [5, 5.41) is 6.43. The maximum Gasteiger partial charge on any atom is 0.226 e. The van der Waals surface area contributed by atoms with Crippen molar-refractivity contribution in [3.05, 3.63) is 71.4 Å². The first-order valence-electron chi connectivity index (χ1n) is 10.5. The molecule has 7 nitrogen and oxygen atoms in total. The lowest BCUT2D eigenvalue weighted by Gasteiger charge is -2.08. The molecule has 5 rings (SSSR count). The van der Waals surface area contributed by atoms with Crippen LogP contribution in [0.5, 0.6) is 11.5 Å². The maximum absolute atomic E-state index is 12.5. The highest BCUT2D eigenvalue weighted by Gasteiger charge is 2.14. The fraction of sp³-hybridized carbons (Fsp3) is 0.160. The number of fused-ring (bicyclic) bond motifs is 1. The number of hydrogen-bond donors (Lipinski definition) is 1. The van der Waals surface area contributed by atoms with E-state index in [9.17, 15) is 4.79 Å². The average molecular weight is 492 g/mol. The van der Waals surface area contributed by atoms with Gasteiger partial charge >= 0.3 is 0 Å². The van der Waals surface area contributed by atoms with Crippen molar-refractivity contribution in [2.24, 2.45) is 0 Å². The van der Waals surface area contributed by atoms with Crippen molar-refractivity contribution in [2.45, 2.75) is 13.0 Å². The Kier molecular flexibility index (Phi) is 6.29. The number of para-hydroxylation sites is 1. The van der Waals surface area contributed by atoms with Gasteiger partial charge in [0.1, 0.15) is 10.8 Å². The zero-order valence-electron chi connectivity index (χ0n) is 18.5. The van der Waals surface area contributed by atoms with Crippen molar-refractivity contribution < 1.29 is 18.7 Å². The van der Waals surface area contributed by atoms with E-state index in [4.69, 9.17) is 13.9 Å². The molecule has 0 spiro atoms. The van der Waals surface area contributed by atoms with E-state index in [1.54, 1.807) is 25.6 Å². The van der Waals surface area contributed by atoms with E-state index in [2.05, 4.69) is 15.3 Å². The smallest absolute Gasteiger partial charge is 0.226 e. The van der Waals surface area contributed by atoms with Crippen LogP contribution < -0.4 is 14.8 Å². The molecule has 1 amide bonds. The van der Waals surface area contributed by atoms with Gasteiger partial charge in [-0.2, -0.15) is 0 Å². The van der Waals surface area contributed by atoms with Gasteiger partial charge in [0.2, 0.25) is 5.91 Å². The predicted molar refractivity (Wildman–Crippen MR) is 134 cm³/mol. The summed E-state index contributed by atoms with van der Waals surface area (Å²) in [5.41, 5.74) is 2.57. The number of amides is 1. The van der Waals surface area contributed by atoms with Gasteiger partial charge in [-0.3, -0.25) is 4.79 Å². The molecule has 172 valence electrons. The van der Waals surface area contributed by atoms with Crippen molar-refractivity contribution in [2.75, 3.05) is 14.2 Å². The summed E-state index contributed by atoms with van der Waals surface area (Å²) in [7, 11) is 3.20. The second-order valence-corrected chi connectivity index (χ2v) is 9.31. The number of rotatable bonds is 8. The van der Waals surface area contributed by atoms with Crippen LogP contribution in [0.3, 0.4) is 0 Å². The summed E-state index contributed by atoms with van der Waals surface area (Å²) >= 11 is 3.06. The SMILES string of the molecule is COc1ccc(-c2nc(CC(=O)NCc3ccc(-c4nc5ccccc5s4)o3)cs2)cc1OC.